The maximum absolute atomic E-state index is 11.7. The van der Waals surface area contributed by atoms with Gasteiger partial charge in [-0.2, -0.15) is 0 Å². The van der Waals surface area contributed by atoms with E-state index in [4.69, 9.17) is 5.73 Å². The standard InChI is InChI=1S/C12H17N3O3S2/c13-10-3-1-2-4-11(10)19-7-8-20(17,18)15-12(16)14-9-5-6-9/h1-4,9H,5-8,13H2,(H2,14,15,16). The lowest BCUT2D eigenvalue weighted by molar-refractivity contribution is 0.245. The molecule has 1 aromatic rings. The zero-order valence-corrected chi connectivity index (χ0v) is 12.5. The van der Waals surface area contributed by atoms with Gasteiger partial charge in [-0.25, -0.2) is 17.9 Å². The third kappa shape index (κ3) is 4.93. The summed E-state index contributed by atoms with van der Waals surface area (Å²) in [5, 5.41) is 2.57. The van der Waals surface area contributed by atoms with Crippen molar-refractivity contribution in [3.63, 3.8) is 0 Å². The van der Waals surface area contributed by atoms with E-state index in [9.17, 15) is 13.2 Å². The Kier molecular flexibility index (Phi) is 4.77. The number of para-hydroxylation sites is 1. The zero-order chi connectivity index (χ0) is 14.6. The molecule has 0 bridgehead atoms. The minimum atomic E-state index is -3.61. The molecule has 0 aliphatic heterocycles. The fourth-order valence-electron chi connectivity index (χ4n) is 1.51. The lowest BCUT2D eigenvalue weighted by Crippen LogP contribution is -2.41. The van der Waals surface area contributed by atoms with Gasteiger partial charge in [0.25, 0.3) is 0 Å². The number of carbonyl (C=O) groups is 1. The van der Waals surface area contributed by atoms with E-state index in [0.29, 0.717) is 11.4 Å². The van der Waals surface area contributed by atoms with E-state index in [-0.39, 0.29) is 11.8 Å². The maximum atomic E-state index is 11.7. The van der Waals surface area contributed by atoms with Crippen LogP contribution >= 0.6 is 11.8 Å². The molecule has 0 aromatic heterocycles. The number of sulfonamides is 1. The lowest BCUT2D eigenvalue weighted by atomic mass is 10.3. The monoisotopic (exact) mass is 315 g/mol. The highest BCUT2D eigenvalue weighted by Gasteiger charge is 2.25. The summed E-state index contributed by atoms with van der Waals surface area (Å²) in [6.45, 7) is 0. The normalized spacial score (nSPS) is 14.8. The van der Waals surface area contributed by atoms with E-state index in [1.807, 2.05) is 22.9 Å². The second-order valence-corrected chi connectivity index (χ2v) is 7.53. The molecule has 110 valence electrons. The van der Waals surface area contributed by atoms with Crippen LogP contribution < -0.4 is 15.8 Å². The maximum Gasteiger partial charge on any atom is 0.328 e. The topological polar surface area (TPSA) is 101 Å². The number of thioether (sulfide) groups is 1. The van der Waals surface area contributed by atoms with Crippen LogP contribution in [0.3, 0.4) is 0 Å². The predicted octanol–water partition coefficient (Wildman–Crippen LogP) is 1.15. The van der Waals surface area contributed by atoms with Crippen molar-refractivity contribution >= 4 is 33.5 Å². The minimum Gasteiger partial charge on any atom is -0.398 e. The summed E-state index contributed by atoms with van der Waals surface area (Å²) in [4.78, 5) is 12.2. The van der Waals surface area contributed by atoms with Gasteiger partial charge in [-0.15, -0.1) is 11.8 Å². The molecule has 20 heavy (non-hydrogen) atoms. The number of benzene rings is 1. The molecule has 6 nitrogen and oxygen atoms in total. The number of hydrogen-bond donors (Lipinski definition) is 3. The fourth-order valence-corrected chi connectivity index (χ4v) is 3.79. The number of nitrogen functional groups attached to an aromatic ring is 1. The first kappa shape index (κ1) is 15.0. The van der Waals surface area contributed by atoms with Crippen molar-refractivity contribution in [3.05, 3.63) is 24.3 Å². The third-order valence-corrected chi connectivity index (χ3v) is 5.28. The van der Waals surface area contributed by atoms with Gasteiger partial charge in [0.05, 0.1) is 5.75 Å². The molecule has 2 rings (SSSR count). The average molecular weight is 315 g/mol. The van der Waals surface area contributed by atoms with Gasteiger partial charge < -0.3 is 11.1 Å². The van der Waals surface area contributed by atoms with Crippen LogP contribution in [0.4, 0.5) is 10.5 Å². The van der Waals surface area contributed by atoms with Gasteiger partial charge in [0.1, 0.15) is 0 Å². The van der Waals surface area contributed by atoms with Gasteiger partial charge in [0.15, 0.2) is 0 Å². The van der Waals surface area contributed by atoms with Crippen LogP contribution in [0.25, 0.3) is 0 Å². The van der Waals surface area contributed by atoms with Crippen molar-refractivity contribution in [3.8, 4) is 0 Å². The van der Waals surface area contributed by atoms with E-state index in [1.165, 1.54) is 11.8 Å². The average Bonchev–Trinajstić information content (AvgIpc) is 3.14. The van der Waals surface area contributed by atoms with Crippen LogP contribution in [0.1, 0.15) is 12.8 Å². The number of rotatable bonds is 6. The van der Waals surface area contributed by atoms with Crippen molar-refractivity contribution in [2.24, 2.45) is 0 Å². The fraction of sp³-hybridized carbons (Fsp3) is 0.417. The number of carbonyl (C=O) groups excluding carboxylic acids is 1. The molecule has 0 heterocycles. The van der Waals surface area contributed by atoms with Crippen LogP contribution in [0.15, 0.2) is 29.2 Å². The Morgan fingerprint density at radius 2 is 2.05 bits per heavy atom. The molecule has 1 aliphatic carbocycles. The molecular weight excluding hydrogens is 298 g/mol. The molecule has 0 radical (unpaired) electrons. The molecule has 0 saturated heterocycles. The first-order chi connectivity index (χ1) is 9.46. The number of urea groups is 1. The number of amides is 2. The van der Waals surface area contributed by atoms with Gasteiger partial charge >= 0.3 is 6.03 Å². The van der Waals surface area contributed by atoms with E-state index < -0.39 is 16.1 Å². The SMILES string of the molecule is Nc1ccccc1SCCS(=O)(=O)NC(=O)NC1CC1. The van der Waals surface area contributed by atoms with Crippen molar-refractivity contribution in [2.45, 2.75) is 23.8 Å². The second-order valence-electron chi connectivity index (χ2n) is 4.55. The predicted molar refractivity (Wildman–Crippen MR) is 80.1 cm³/mol. The van der Waals surface area contributed by atoms with E-state index in [1.54, 1.807) is 6.07 Å². The van der Waals surface area contributed by atoms with E-state index in [0.717, 1.165) is 17.7 Å². The molecule has 1 fully saturated rings. The van der Waals surface area contributed by atoms with Crippen LogP contribution in [-0.2, 0) is 10.0 Å². The molecule has 1 saturated carbocycles. The number of anilines is 1. The summed E-state index contributed by atoms with van der Waals surface area (Å²) in [6, 6.07) is 6.74. The van der Waals surface area contributed by atoms with Crippen LogP contribution in [0, 0.1) is 0 Å². The Morgan fingerprint density at radius 3 is 2.70 bits per heavy atom. The Bertz CT molecular complexity index is 585. The van der Waals surface area contributed by atoms with Crippen LogP contribution in [-0.4, -0.2) is 32.0 Å². The number of nitrogens with two attached hydrogens (primary N) is 1. The van der Waals surface area contributed by atoms with E-state index >= 15 is 0 Å². The molecule has 2 amide bonds. The van der Waals surface area contributed by atoms with Crippen molar-refractivity contribution in [2.75, 3.05) is 17.2 Å². The van der Waals surface area contributed by atoms with Crippen LogP contribution in [0.2, 0.25) is 0 Å². The molecular formula is C12H17N3O3S2. The third-order valence-electron chi connectivity index (χ3n) is 2.69. The van der Waals surface area contributed by atoms with Crippen LogP contribution in [0.5, 0.6) is 0 Å². The highest BCUT2D eigenvalue weighted by atomic mass is 32.2. The highest BCUT2D eigenvalue weighted by Crippen LogP contribution is 2.24. The smallest absolute Gasteiger partial charge is 0.328 e. The van der Waals surface area contributed by atoms with Crippen molar-refractivity contribution in [1.82, 2.24) is 10.0 Å². The second kappa shape index (κ2) is 6.36. The molecule has 1 aromatic carbocycles. The number of hydrogen-bond acceptors (Lipinski definition) is 5. The van der Waals surface area contributed by atoms with Crippen molar-refractivity contribution in [1.29, 1.82) is 0 Å². The quantitative estimate of drug-likeness (QED) is 0.540. The minimum absolute atomic E-state index is 0.128. The Hall–Kier alpha value is -1.41. The first-order valence-corrected chi connectivity index (χ1v) is 8.88. The Morgan fingerprint density at radius 1 is 1.35 bits per heavy atom. The van der Waals surface area contributed by atoms with E-state index in [2.05, 4.69) is 5.32 Å². The zero-order valence-electron chi connectivity index (χ0n) is 10.8. The van der Waals surface area contributed by atoms with Gasteiger partial charge in [-0.05, 0) is 25.0 Å². The summed E-state index contributed by atoms with van der Waals surface area (Å²) in [6.07, 6.45) is 1.83. The molecule has 0 spiro atoms. The molecule has 1 aliphatic rings. The summed E-state index contributed by atoms with van der Waals surface area (Å²) in [7, 11) is -3.61. The Labute approximate surface area is 122 Å². The van der Waals surface area contributed by atoms with Crippen molar-refractivity contribution < 1.29 is 13.2 Å². The first-order valence-electron chi connectivity index (χ1n) is 6.24. The van der Waals surface area contributed by atoms with Gasteiger partial charge in [0.2, 0.25) is 10.0 Å². The molecule has 0 atom stereocenters. The highest BCUT2D eigenvalue weighted by molar-refractivity contribution is 8.00. The molecule has 8 heteroatoms. The van der Waals surface area contributed by atoms with Gasteiger partial charge in [-0.1, -0.05) is 12.1 Å². The summed E-state index contributed by atoms with van der Waals surface area (Å²) >= 11 is 1.35. The van der Waals surface area contributed by atoms with Gasteiger partial charge in [-0.3, -0.25) is 0 Å². The largest absolute Gasteiger partial charge is 0.398 e. The van der Waals surface area contributed by atoms with Gasteiger partial charge in [0, 0.05) is 22.4 Å². The Balaban J connectivity index is 1.77. The molecule has 0 unspecified atom stereocenters. The summed E-state index contributed by atoms with van der Waals surface area (Å²) in [5.41, 5.74) is 6.38. The lowest BCUT2D eigenvalue weighted by Gasteiger charge is -2.08. The number of nitrogens with one attached hydrogen (secondary N) is 2. The summed E-state index contributed by atoms with van der Waals surface area (Å²) < 4.78 is 25.4. The molecule has 4 N–H and O–H groups in total. The summed E-state index contributed by atoms with van der Waals surface area (Å²) in [5.74, 6) is 0.199.